The standard InChI is InChI=1S/C15H21NO2/c1-10-9-12(14(17)18-4)5-6-13(10)16-11(2)15(3)7-8-15/h5-6,9,11,16H,7-8H2,1-4H3. The summed E-state index contributed by atoms with van der Waals surface area (Å²) in [5.74, 6) is -0.285. The van der Waals surface area contributed by atoms with Crippen molar-refractivity contribution in [3.63, 3.8) is 0 Å². The van der Waals surface area contributed by atoms with Crippen molar-refractivity contribution in [1.29, 1.82) is 0 Å². The summed E-state index contributed by atoms with van der Waals surface area (Å²) in [6, 6.07) is 6.10. The fourth-order valence-corrected chi connectivity index (χ4v) is 2.11. The zero-order chi connectivity index (χ0) is 13.3. The molecule has 1 aliphatic rings. The van der Waals surface area contributed by atoms with E-state index in [1.165, 1.54) is 20.0 Å². The Hall–Kier alpha value is -1.51. The second-order valence-electron chi connectivity index (χ2n) is 5.54. The Balaban J connectivity index is 2.12. The van der Waals surface area contributed by atoms with Crippen LogP contribution < -0.4 is 5.32 Å². The minimum absolute atomic E-state index is 0.285. The smallest absolute Gasteiger partial charge is 0.337 e. The van der Waals surface area contributed by atoms with E-state index >= 15 is 0 Å². The Bertz CT molecular complexity index is 464. The zero-order valence-corrected chi connectivity index (χ0v) is 11.5. The average Bonchev–Trinajstić information content (AvgIpc) is 3.10. The molecule has 0 amide bonds. The van der Waals surface area contributed by atoms with Crippen molar-refractivity contribution in [2.75, 3.05) is 12.4 Å². The highest BCUT2D eigenvalue weighted by atomic mass is 16.5. The van der Waals surface area contributed by atoms with Gasteiger partial charge < -0.3 is 10.1 Å². The number of rotatable bonds is 4. The Morgan fingerprint density at radius 2 is 2.11 bits per heavy atom. The number of aryl methyl sites for hydroxylation is 1. The molecular formula is C15H21NO2. The van der Waals surface area contributed by atoms with Crippen LogP contribution in [0.1, 0.15) is 42.6 Å². The number of anilines is 1. The third-order valence-electron chi connectivity index (χ3n) is 4.10. The Kier molecular flexibility index (Phi) is 3.33. The summed E-state index contributed by atoms with van der Waals surface area (Å²) in [5.41, 5.74) is 3.22. The van der Waals surface area contributed by atoms with E-state index in [0.29, 0.717) is 17.0 Å². The van der Waals surface area contributed by atoms with Gasteiger partial charge in [0.1, 0.15) is 0 Å². The van der Waals surface area contributed by atoms with Crippen molar-refractivity contribution in [1.82, 2.24) is 0 Å². The molecule has 1 unspecified atom stereocenters. The third kappa shape index (κ3) is 2.50. The molecule has 0 radical (unpaired) electrons. The highest BCUT2D eigenvalue weighted by Crippen LogP contribution is 2.48. The van der Waals surface area contributed by atoms with Crippen molar-refractivity contribution in [3.8, 4) is 0 Å². The maximum absolute atomic E-state index is 11.4. The summed E-state index contributed by atoms with van der Waals surface area (Å²) in [7, 11) is 1.40. The second kappa shape index (κ2) is 4.63. The molecule has 0 spiro atoms. The molecule has 1 aromatic rings. The van der Waals surface area contributed by atoms with Crippen LogP contribution >= 0.6 is 0 Å². The summed E-state index contributed by atoms with van der Waals surface area (Å²) in [6.07, 6.45) is 2.58. The van der Waals surface area contributed by atoms with Crippen LogP contribution in [0.25, 0.3) is 0 Å². The molecule has 3 heteroatoms. The van der Waals surface area contributed by atoms with Gasteiger partial charge in [-0.25, -0.2) is 4.79 Å². The Labute approximate surface area is 109 Å². The van der Waals surface area contributed by atoms with Gasteiger partial charge in [0.25, 0.3) is 0 Å². The van der Waals surface area contributed by atoms with Crippen LogP contribution in [0.2, 0.25) is 0 Å². The number of carbonyl (C=O) groups is 1. The molecule has 98 valence electrons. The van der Waals surface area contributed by atoms with Crippen molar-refractivity contribution in [3.05, 3.63) is 29.3 Å². The highest BCUT2D eigenvalue weighted by molar-refractivity contribution is 5.90. The number of hydrogen-bond acceptors (Lipinski definition) is 3. The van der Waals surface area contributed by atoms with Gasteiger partial charge in [-0.15, -0.1) is 0 Å². The van der Waals surface area contributed by atoms with Crippen molar-refractivity contribution >= 4 is 11.7 Å². The molecule has 3 nitrogen and oxygen atoms in total. The van der Waals surface area contributed by atoms with Crippen LogP contribution in [0.5, 0.6) is 0 Å². The van der Waals surface area contributed by atoms with Gasteiger partial charge in [0.2, 0.25) is 0 Å². The van der Waals surface area contributed by atoms with E-state index in [0.717, 1.165) is 11.3 Å². The number of methoxy groups -OCH3 is 1. The second-order valence-corrected chi connectivity index (χ2v) is 5.54. The predicted octanol–water partition coefficient (Wildman–Crippen LogP) is 3.38. The maximum atomic E-state index is 11.4. The van der Waals surface area contributed by atoms with Gasteiger partial charge in [-0.05, 0) is 55.9 Å². The van der Waals surface area contributed by atoms with E-state index < -0.39 is 0 Å². The number of benzene rings is 1. The molecule has 0 aliphatic heterocycles. The van der Waals surface area contributed by atoms with Crippen molar-refractivity contribution in [2.45, 2.75) is 39.7 Å². The SMILES string of the molecule is COC(=O)c1ccc(NC(C)C2(C)CC2)c(C)c1. The number of esters is 1. The normalized spacial score (nSPS) is 18.0. The largest absolute Gasteiger partial charge is 0.465 e. The molecule has 1 fully saturated rings. The molecule has 1 aromatic carbocycles. The third-order valence-corrected chi connectivity index (χ3v) is 4.10. The summed E-state index contributed by atoms with van der Waals surface area (Å²) >= 11 is 0. The van der Waals surface area contributed by atoms with Crippen molar-refractivity contribution < 1.29 is 9.53 Å². The van der Waals surface area contributed by atoms with Crippen molar-refractivity contribution in [2.24, 2.45) is 5.41 Å². The summed E-state index contributed by atoms with van der Waals surface area (Å²) in [4.78, 5) is 11.4. The summed E-state index contributed by atoms with van der Waals surface area (Å²) in [6.45, 7) is 6.54. The minimum Gasteiger partial charge on any atom is -0.465 e. The van der Waals surface area contributed by atoms with Gasteiger partial charge in [0, 0.05) is 11.7 Å². The Morgan fingerprint density at radius 1 is 1.44 bits per heavy atom. The van der Waals surface area contributed by atoms with Gasteiger partial charge >= 0.3 is 5.97 Å². The lowest BCUT2D eigenvalue weighted by atomic mass is 9.99. The van der Waals surface area contributed by atoms with E-state index in [1.807, 2.05) is 25.1 Å². The van der Waals surface area contributed by atoms with Gasteiger partial charge in [0.05, 0.1) is 12.7 Å². The lowest BCUT2D eigenvalue weighted by molar-refractivity contribution is 0.0600. The molecule has 0 bridgehead atoms. The number of carbonyl (C=O) groups excluding carboxylic acids is 1. The van der Waals surface area contributed by atoms with Crippen LogP contribution in [0.4, 0.5) is 5.69 Å². The molecule has 2 rings (SSSR count). The molecule has 1 N–H and O–H groups in total. The van der Waals surface area contributed by atoms with E-state index in [9.17, 15) is 4.79 Å². The first kappa shape index (κ1) is 12.9. The summed E-state index contributed by atoms with van der Waals surface area (Å²) in [5, 5.41) is 3.54. The van der Waals surface area contributed by atoms with Crippen LogP contribution in [0.3, 0.4) is 0 Å². The number of ether oxygens (including phenoxy) is 1. The van der Waals surface area contributed by atoms with Gasteiger partial charge in [-0.2, -0.15) is 0 Å². The molecule has 1 aliphatic carbocycles. The van der Waals surface area contributed by atoms with Gasteiger partial charge in [-0.3, -0.25) is 0 Å². The van der Waals surface area contributed by atoms with Crippen LogP contribution in [0, 0.1) is 12.3 Å². The molecule has 0 saturated heterocycles. The molecule has 0 heterocycles. The molecule has 0 aromatic heterocycles. The number of nitrogens with one attached hydrogen (secondary N) is 1. The number of hydrogen-bond donors (Lipinski definition) is 1. The first-order chi connectivity index (χ1) is 8.46. The van der Waals surface area contributed by atoms with E-state index in [4.69, 9.17) is 4.74 Å². The van der Waals surface area contributed by atoms with E-state index in [2.05, 4.69) is 19.2 Å². The lowest BCUT2D eigenvalue weighted by Gasteiger charge is -2.23. The quantitative estimate of drug-likeness (QED) is 0.829. The molecular weight excluding hydrogens is 226 g/mol. The fourth-order valence-electron chi connectivity index (χ4n) is 2.11. The van der Waals surface area contributed by atoms with Crippen LogP contribution in [0.15, 0.2) is 18.2 Å². The van der Waals surface area contributed by atoms with Gasteiger partial charge in [0.15, 0.2) is 0 Å². The van der Waals surface area contributed by atoms with E-state index in [1.54, 1.807) is 0 Å². The van der Waals surface area contributed by atoms with Gasteiger partial charge in [-0.1, -0.05) is 6.92 Å². The maximum Gasteiger partial charge on any atom is 0.337 e. The first-order valence-electron chi connectivity index (χ1n) is 6.42. The zero-order valence-electron chi connectivity index (χ0n) is 11.5. The minimum atomic E-state index is -0.285. The molecule has 1 saturated carbocycles. The van der Waals surface area contributed by atoms with Crippen LogP contribution in [-0.4, -0.2) is 19.1 Å². The topological polar surface area (TPSA) is 38.3 Å². The first-order valence-corrected chi connectivity index (χ1v) is 6.42. The highest BCUT2D eigenvalue weighted by Gasteiger charge is 2.42. The molecule has 18 heavy (non-hydrogen) atoms. The Morgan fingerprint density at radius 3 is 2.61 bits per heavy atom. The fraction of sp³-hybridized carbons (Fsp3) is 0.533. The van der Waals surface area contributed by atoms with E-state index in [-0.39, 0.29) is 5.97 Å². The average molecular weight is 247 g/mol. The summed E-state index contributed by atoms with van der Waals surface area (Å²) < 4.78 is 4.72. The monoisotopic (exact) mass is 247 g/mol. The predicted molar refractivity (Wildman–Crippen MR) is 72.9 cm³/mol. The molecule has 1 atom stereocenters. The van der Waals surface area contributed by atoms with Crippen LogP contribution in [-0.2, 0) is 4.74 Å². The lowest BCUT2D eigenvalue weighted by Crippen LogP contribution is -2.25.